The van der Waals surface area contributed by atoms with Crippen molar-refractivity contribution in [2.45, 2.75) is 26.9 Å². The molecule has 0 saturated carbocycles. The van der Waals surface area contributed by atoms with Gasteiger partial charge in [0.05, 0.1) is 6.10 Å². The molecular formula is C10H17NO4. The molecule has 0 aromatic heterocycles. The summed E-state index contributed by atoms with van der Waals surface area (Å²) in [5, 5.41) is 8.51. The van der Waals surface area contributed by atoms with E-state index in [2.05, 4.69) is 0 Å². The highest BCUT2D eigenvalue weighted by atomic mass is 16.5. The number of likely N-dealkylation sites (tertiary alicyclic amines) is 1. The number of nitrogens with zero attached hydrogens (tertiary/aromatic N) is 1. The lowest BCUT2D eigenvalue weighted by Gasteiger charge is -2.24. The van der Waals surface area contributed by atoms with Crippen molar-refractivity contribution < 1.29 is 19.4 Å². The monoisotopic (exact) mass is 215 g/mol. The maximum Gasteiger partial charge on any atom is 0.329 e. The number of carboxylic acids is 1. The highest BCUT2D eigenvalue weighted by molar-refractivity contribution is 5.73. The van der Waals surface area contributed by atoms with Crippen LogP contribution in [0, 0.1) is 5.41 Å². The number of aliphatic carboxylic acids is 1. The first kappa shape index (κ1) is 12.0. The number of carbonyl (C=O) groups excluding carboxylic acids is 1. The summed E-state index contributed by atoms with van der Waals surface area (Å²) in [4.78, 5) is 23.2. The molecule has 1 unspecified atom stereocenters. The first-order chi connectivity index (χ1) is 6.83. The molecule has 0 aliphatic carbocycles. The Morgan fingerprint density at radius 3 is 2.53 bits per heavy atom. The van der Waals surface area contributed by atoms with Gasteiger partial charge in [-0.05, 0) is 0 Å². The van der Waals surface area contributed by atoms with Crippen LogP contribution in [0.5, 0.6) is 0 Å². The van der Waals surface area contributed by atoms with Crippen molar-refractivity contribution in [1.82, 2.24) is 4.90 Å². The number of carboxylic acid groups (broad SMARTS) is 1. The number of hydrogen-bond donors (Lipinski definition) is 1. The van der Waals surface area contributed by atoms with Gasteiger partial charge in [0, 0.05) is 25.4 Å². The molecule has 0 bridgehead atoms. The Bertz CT molecular complexity index is 275. The second-order valence-corrected chi connectivity index (χ2v) is 4.58. The minimum Gasteiger partial charge on any atom is -0.480 e. The standard InChI is InChI=1S/C10H17NO4/c1-7(12)11-4-8(10(2,3)6-11)15-5-9(13)14/h8H,4-6H2,1-3H3,(H,13,14). The Morgan fingerprint density at radius 2 is 2.13 bits per heavy atom. The van der Waals surface area contributed by atoms with Gasteiger partial charge in [-0.2, -0.15) is 0 Å². The average molecular weight is 215 g/mol. The Labute approximate surface area is 89.0 Å². The maximum absolute atomic E-state index is 11.2. The summed E-state index contributed by atoms with van der Waals surface area (Å²) in [6.07, 6.45) is -0.197. The second-order valence-electron chi connectivity index (χ2n) is 4.58. The fourth-order valence-corrected chi connectivity index (χ4v) is 1.80. The fourth-order valence-electron chi connectivity index (χ4n) is 1.80. The van der Waals surface area contributed by atoms with Gasteiger partial charge in [0.25, 0.3) is 0 Å². The third kappa shape index (κ3) is 2.92. The van der Waals surface area contributed by atoms with Crippen LogP contribution in [-0.2, 0) is 14.3 Å². The van der Waals surface area contributed by atoms with Crippen LogP contribution in [0.25, 0.3) is 0 Å². The van der Waals surface area contributed by atoms with Crippen molar-refractivity contribution in [1.29, 1.82) is 0 Å². The van der Waals surface area contributed by atoms with Gasteiger partial charge in [-0.3, -0.25) is 4.79 Å². The lowest BCUT2D eigenvalue weighted by atomic mass is 9.90. The van der Waals surface area contributed by atoms with Gasteiger partial charge in [-0.15, -0.1) is 0 Å². The van der Waals surface area contributed by atoms with E-state index in [1.807, 2.05) is 13.8 Å². The van der Waals surface area contributed by atoms with Gasteiger partial charge in [-0.1, -0.05) is 13.8 Å². The van der Waals surface area contributed by atoms with Crippen LogP contribution in [-0.4, -0.2) is 47.7 Å². The zero-order valence-corrected chi connectivity index (χ0v) is 9.32. The highest BCUT2D eigenvalue weighted by Crippen LogP contribution is 2.31. The van der Waals surface area contributed by atoms with Gasteiger partial charge in [0.1, 0.15) is 6.61 Å². The zero-order chi connectivity index (χ0) is 11.6. The SMILES string of the molecule is CC(=O)N1CC(OCC(=O)O)C(C)(C)C1. The smallest absolute Gasteiger partial charge is 0.329 e. The van der Waals surface area contributed by atoms with Crippen molar-refractivity contribution in [3.63, 3.8) is 0 Å². The summed E-state index contributed by atoms with van der Waals surface area (Å²) < 4.78 is 5.27. The first-order valence-electron chi connectivity index (χ1n) is 4.92. The van der Waals surface area contributed by atoms with Crippen LogP contribution in [0.4, 0.5) is 0 Å². The summed E-state index contributed by atoms with van der Waals surface area (Å²) in [6.45, 7) is 6.25. The number of carbonyl (C=O) groups is 2. The summed E-state index contributed by atoms with van der Waals surface area (Å²) in [7, 11) is 0. The molecule has 1 N–H and O–H groups in total. The summed E-state index contributed by atoms with van der Waals surface area (Å²) in [6, 6.07) is 0. The molecular weight excluding hydrogens is 198 g/mol. The van der Waals surface area contributed by atoms with E-state index in [4.69, 9.17) is 9.84 Å². The predicted octanol–water partition coefficient (Wildman–Crippen LogP) is 0.344. The van der Waals surface area contributed by atoms with E-state index in [0.29, 0.717) is 13.1 Å². The van der Waals surface area contributed by atoms with Crippen LogP contribution in [0.2, 0.25) is 0 Å². The molecule has 15 heavy (non-hydrogen) atoms. The number of amides is 1. The lowest BCUT2D eigenvalue weighted by Crippen LogP contribution is -2.31. The molecule has 1 atom stereocenters. The van der Waals surface area contributed by atoms with E-state index >= 15 is 0 Å². The zero-order valence-electron chi connectivity index (χ0n) is 9.32. The van der Waals surface area contributed by atoms with Crippen molar-refractivity contribution in [2.24, 2.45) is 5.41 Å². The van der Waals surface area contributed by atoms with E-state index in [0.717, 1.165) is 0 Å². The number of rotatable bonds is 3. The Kier molecular flexibility index (Phi) is 3.34. The van der Waals surface area contributed by atoms with E-state index < -0.39 is 5.97 Å². The van der Waals surface area contributed by atoms with E-state index in [1.54, 1.807) is 4.90 Å². The third-order valence-electron chi connectivity index (χ3n) is 2.71. The lowest BCUT2D eigenvalue weighted by molar-refractivity contribution is -0.145. The topological polar surface area (TPSA) is 66.8 Å². The Hall–Kier alpha value is -1.10. The summed E-state index contributed by atoms with van der Waals surface area (Å²) >= 11 is 0. The minimum absolute atomic E-state index is 0.00417. The van der Waals surface area contributed by atoms with Gasteiger partial charge in [0.15, 0.2) is 0 Å². The van der Waals surface area contributed by atoms with Crippen LogP contribution in [0.3, 0.4) is 0 Å². The number of hydrogen-bond acceptors (Lipinski definition) is 3. The summed E-state index contributed by atoms with van der Waals surface area (Å²) in [5.41, 5.74) is -0.179. The van der Waals surface area contributed by atoms with Gasteiger partial charge >= 0.3 is 5.97 Å². The Balaban J connectivity index is 2.57. The van der Waals surface area contributed by atoms with Crippen molar-refractivity contribution >= 4 is 11.9 Å². The molecule has 0 spiro atoms. The van der Waals surface area contributed by atoms with Crippen LogP contribution < -0.4 is 0 Å². The quantitative estimate of drug-likeness (QED) is 0.737. The molecule has 1 fully saturated rings. The summed E-state index contributed by atoms with van der Waals surface area (Å²) in [5.74, 6) is -0.975. The fraction of sp³-hybridized carbons (Fsp3) is 0.800. The van der Waals surface area contributed by atoms with Crippen LogP contribution in [0.15, 0.2) is 0 Å². The largest absolute Gasteiger partial charge is 0.480 e. The maximum atomic E-state index is 11.2. The molecule has 1 aliphatic rings. The minimum atomic E-state index is -0.980. The van der Waals surface area contributed by atoms with Crippen LogP contribution in [0.1, 0.15) is 20.8 Å². The molecule has 5 heteroatoms. The molecule has 1 amide bonds. The predicted molar refractivity (Wildman–Crippen MR) is 53.4 cm³/mol. The first-order valence-corrected chi connectivity index (χ1v) is 4.92. The van der Waals surface area contributed by atoms with E-state index in [9.17, 15) is 9.59 Å². The second kappa shape index (κ2) is 4.18. The van der Waals surface area contributed by atoms with Crippen molar-refractivity contribution in [3.8, 4) is 0 Å². The van der Waals surface area contributed by atoms with Crippen LogP contribution >= 0.6 is 0 Å². The van der Waals surface area contributed by atoms with Crippen molar-refractivity contribution in [3.05, 3.63) is 0 Å². The molecule has 0 radical (unpaired) electrons. The van der Waals surface area contributed by atoms with Gasteiger partial charge in [-0.25, -0.2) is 4.79 Å². The molecule has 0 aromatic carbocycles. The number of ether oxygens (including phenoxy) is 1. The third-order valence-corrected chi connectivity index (χ3v) is 2.71. The molecule has 1 heterocycles. The molecule has 1 aliphatic heterocycles. The molecule has 0 aromatic rings. The Morgan fingerprint density at radius 1 is 1.53 bits per heavy atom. The highest BCUT2D eigenvalue weighted by Gasteiger charge is 2.41. The molecule has 1 rings (SSSR count). The van der Waals surface area contributed by atoms with Gasteiger partial charge < -0.3 is 14.7 Å². The van der Waals surface area contributed by atoms with E-state index in [-0.39, 0.29) is 24.0 Å². The van der Waals surface area contributed by atoms with E-state index in [1.165, 1.54) is 6.92 Å². The molecule has 86 valence electrons. The normalized spacial score (nSPS) is 24.2. The van der Waals surface area contributed by atoms with Gasteiger partial charge in [0.2, 0.25) is 5.91 Å². The molecule has 5 nitrogen and oxygen atoms in total. The molecule has 1 saturated heterocycles. The van der Waals surface area contributed by atoms with Crippen molar-refractivity contribution in [2.75, 3.05) is 19.7 Å². The average Bonchev–Trinajstić information content (AvgIpc) is 2.37.